The minimum absolute atomic E-state index is 0.0447. The number of rotatable bonds is 0. The molecule has 4 nitrogen and oxygen atoms in total. The molecule has 0 bridgehead atoms. The van der Waals surface area contributed by atoms with Crippen molar-refractivity contribution in [2.45, 2.75) is 58.2 Å². The quantitative estimate of drug-likeness (QED) is 0.707. The molecule has 2 aliphatic rings. The van der Waals surface area contributed by atoms with Crippen LogP contribution >= 0.6 is 0 Å². The van der Waals surface area contributed by atoms with Crippen LogP contribution in [0.1, 0.15) is 46.5 Å². The Morgan fingerprint density at radius 3 is 2.65 bits per heavy atom. The molecule has 17 heavy (non-hydrogen) atoms. The first kappa shape index (κ1) is 12.7. The van der Waals surface area contributed by atoms with Gasteiger partial charge in [-0.15, -0.1) is 0 Å². The van der Waals surface area contributed by atoms with E-state index in [1.807, 2.05) is 20.8 Å². The van der Waals surface area contributed by atoms with Gasteiger partial charge in [-0.1, -0.05) is 6.42 Å². The predicted octanol–water partition coefficient (Wildman–Crippen LogP) is 2.16. The third-order valence-electron chi connectivity index (χ3n) is 3.90. The van der Waals surface area contributed by atoms with E-state index in [0.717, 1.165) is 25.7 Å². The highest BCUT2D eigenvalue weighted by Crippen LogP contribution is 2.45. The molecule has 1 amide bonds. The minimum atomic E-state index is -0.443. The van der Waals surface area contributed by atoms with Crippen LogP contribution in [0.2, 0.25) is 0 Å². The number of nitrogens with zero attached hydrogens (tertiary/aromatic N) is 1. The molecular weight excluding hydrogens is 218 g/mol. The van der Waals surface area contributed by atoms with Gasteiger partial charge in [-0.2, -0.15) is 0 Å². The van der Waals surface area contributed by atoms with Gasteiger partial charge in [0.1, 0.15) is 5.60 Å². The van der Waals surface area contributed by atoms with E-state index in [9.17, 15) is 9.90 Å². The van der Waals surface area contributed by atoms with Crippen molar-refractivity contribution in [2.75, 3.05) is 13.1 Å². The van der Waals surface area contributed by atoms with Gasteiger partial charge in [-0.25, -0.2) is 4.79 Å². The summed E-state index contributed by atoms with van der Waals surface area (Å²) >= 11 is 0. The summed E-state index contributed by atoms with van der Waals surface area (Å²) in [4.78, 5) is 13.7. The maximum absolute atomic E-state index is 11.9. The van der Waals surface area contributed by atoms with Gasteiger partial charge in [0, 0.05) is 18.5 Å². The maximum atomic E-state index is 11.9. The Labute approximate surface area is 103 Å². The van der Waals surface area contributed by atoms with Crippen molar-refractivity contribution in [3.05, 3.63) is 0 Å². The number of amides is 1. The molecule has 98 valence electrons. The van der Waals surface area contributed by atoms with Crippen molar-refractivity contribution < 1.29 is 14.6 Å². The molecule has 0 unspecified atom stereocenters. The number of carbonyl (C=O) groups is 1. The van der Waals surface area contributed by atoms with Crippen LogP contribution in [-0.4, -0.2) is 40.9 Å². The number of carbonyl (C=O) groups excluding carboxylic acids is 1. The molecule has 0 radical (unpaired) electrons. The van der Waals surface area contributed by atoms with E-state index in [-0.39, 0.29) is 17.6 Å². The molecule has 0 aromatic heterocycles. The number of aliphatic hydroxyl groups excluding tert-OH is 1. The summed E-state index contributed by atoms with van der Waals surface area (Å²) in [5.41, 5.74) is -0.488. The molecule has 1 saturated carbocycles. The molecule has 1 aliphatic heterocycles. The standard InChI is InChI=1S/C13H23NO3/c1-12(2,3)17-11(16)14-8-7-13(9-14)6-4-5-10(13)15/h10,15H,4-9H2,1-3H3/t10-,13+/m1/s1. The molecule has 2 rings (SSSR count). The van der Waals surface area contributed by atoms with E-state index in [1.165, 1.54) is 0 Å². The molecule has 1 aliphatic carbocycles. The van der Waals surface area contributed by atoms with Gasteiger partial charge in [0.15, 0.2) is 0 Å². The van der Waals surface area contributed by atoms with Crippen LogP contribution in [0.25, 0.3) is 0 Å². The molecule has 1 spiro atoms. The van der Waals surface area contributed by atoms with E-state index < -0.39 is 5.60 Å². The summed E-state index contributed by atoms with van der Waals surface area (Å²) in [5, 5.41) is 10.0. The maximum Gasteiger partial charge on any atom is 0.410 e. The lowest BCUT2D eigenvalue weighted by Crippen LogP contribution is -2.39. The monoisotopic (exact) mass is 241 g/mol. The van der Waals surface area contributed by atoms with Crippen LogP contribution in [0, 0.1) is 5.41 Å². The zero-order valence-electron chi connectivity index (χ0n) is 11.0. The summed E-state index contributed by atoms with van der Waals surface area (Å²) in [6.45, 7) is 7.00. The number of hydrogen-bond acceptors (Lipinski definition) is 3. The Kier molecular flexibility index (Phi) is 3.10. The molecule has 1 saturated heterocycles. The van der Waals surface area contributed by atoms with Crippen LogP contribution in [-0.2, 0) is 4.74 Å². The van der Waals surface area contributed by atoms with Gasteiger partial charge in [0.2, 0.25) is 0 Å². The fourth-order valence-electron chi connectivity index (χ4n) is 2.97. The van der Waals surface area contributed by atoms with Crippen LogP contribution in [0.4, 0.5) is 4.79 Å². The van der Waals surface area contributed by atoms with Gasteiger partial charge in [0.25, 0.3) is 0 Å². The fourth-order valence-corrected chi connectivity index (χ4v) is 2.97. The molecule has 2 fully saturated rings. The lowest BCUT2D eigenvalue weighted by Gasteiger charge is -2.29. The molecule has 1 heterocycles. The number of hydrogen-bond donors (Lipinski definition) is 1. The summed E-state index contributed by atoms with van der Waals surface area (Å²) in [5.74, 6) is 0. The van der Waals surface area contributed by atoms with E-state index in [4.69, 9.17) is 4.74 Å². The largest absolute Gasteiger partial charge is 0.444 e. The Morgan fingerprint density at radius 1 is 1.41 bits per heavy atom. The van der Waals surface area contributed by atoms with Gasteiger partial charge in [-0.3, -0.25) is 0 Å². The highest BCUT2D eigenvalue weighted by Gasteiger charge is 2.48. The van der Waals surface area contributed by atoms with Crippen LogP contribution in [0.5, 0.6) is 0 Å². The van der Waals surface area contributed by atoms with Gasteiger partial charge >= 0.3 is 6.09 Å². The van der Waals surface area contributed by atoms with Crippen molar-refractivity contribution in [3.8, 4) is 0 Å². The Hall–Kier alpha value is -0.770. The lowest BCUT2D eigenvalue weighted by molar-refractivity contribution is 0.0204. The van der Waals surface area contributed by atoms with Crippen molar-refractivity contribution in [1.82, 2.24) is 4.90 Å². The normalized spacial score (nSPS) is 33.4. The van der Waals surface area contributed by atoms with Crippen molar-refractivity contribution in [3.63, 3.8) is 0 Å². The molecular formula is C13H23NO3. The zero-order valence-corrected chi connectivity index (χ0v) is 11.0. The van der Waals surface area contributed by atoms with E-state index >= 15 is 0 Å². The van der Waals surface area contributed by atoms with Crippen LogP contribution < -0.4 is 0 Å². The van der Waals surface area contributed by atoms with Crippen molar-refractivity contribution in [1.29, 1.82) is 0 Å². The lowest BCUT2D eigenvalue weighted by atomic mass is 9.83. The smallest absolute Gasteiger partial charge is 0.410 e. The van der Waals surface area contributed by atoms with Gasteiger partial charge < -0.3 is 14.7 Å². The third kappa shape index (κ3) is 2.57. The SMILES string of the molecule is CC(C)(C)OC(=O)N1CC[C@@]2(CCC[C@H]2O)C1. The summed E-state index contributed by atoms with van der Waals surface area (Å²) in [6, 6.07) is 0. The predicted molar refractivity (Wildman–Crippen MR) is 64.7 cm³/mol. The molecule has 4 heteroatoms. The average Bonchev–Trinajstić information content (AvgIpc) is 2.74. The molecule has 0 aromatic rings. The second-order valence-corrected chi connectivity index (χ2v) is 6.42. The molecule has 1 N–H and O–H groups in total. The van der Waals surface area contributed by atoms with Gasteiger partial charge in [0.05, 0.1) is 6.10 Å². The zero-order chi connectivity index (χ0) is 12.7. The topological polar surface area (TPSA) is 49.8 Å². The average molecular weight is 241 g/mol. The van der Waals surface area contributed by atoms with E-state index in [2.05, 4.69) is 0 Å². The minimum Gasteiger partial charge on any atom is -0.444 e. The number of aliphatic hydroxyl groups is 1. The number of likely N-dealkylation sites (tertiary alicyclic amines) is 1. The summed E-state index contributed by atoms with van der Waals surface area (Å²) < 4.78 is 5.36. The van der Waals surface area contributed by atoms with Crippen LogP contribution in [0.15, 0.2) is 0 Å². The highest BCUT2D eigenvalue weighted by molar-refractivity contribution is 5.68. The third-order valence-corrected chi connectivity index (χ3v) is 3.90. The molecule has 0 aromatic carbocycles. The fraction of sp³-hybridized carbons (Fsp3) is 0.923. The second kappa shape index (κ2) is 4.16. The van der Waals surface area contributed by atoms with Crippen molar-refractivity contribution >= 4 is 6.09 Å². The first-order valence-electron chi connectivity index (χ1n) is 6.48. The summed E-state index contributed by atoms with van der Waals surface area (Å²) in [6.07, 6.45) is 3.41. The summed E-state index contributed by atoms with van der Waals surface area (Å²) in [7, 11) is 0. The highest BCUT2D eigenvalue weighted by atomic mass is 16.6. The second-order valence-electron chi connectivity index (χ2n) is 6.42. The van der Waals surface area contributed by atoms with Gasteiger partial charge in [-0.05, 0) is 40.0 Å². The first-order valence-corrected chi connectivity index (χ1v) is 6.48. The van der Waals surface area contributed by atoms with Crippen molar-refractivity contribution in [2.24, 2.45) is 5.41 Å². The van der Waals surface area contributed by atoms with Crippen LogP contribution in [0.3, 0.4) is 0 Å². The molecule has 2 atom stereocenters. The number of ether oxygens (including phenoxy) is 1. The Bertz CT molecular complexity index is 310. The first-order chi connectivity index (χ1) is 7.82. The van der Waals surface area contributed by atoms with E-state index in [1.54, 1.807) is 4.90 Å². The van der Waals surface area contributed by atoms with E-state index in [0.29, 0.717) is 13.1 Å². The Morgan fingerprint density at radius 2 is 2.12 bits per heavy atom. The Balaban J connectivity index is 1.96.